The van der Waals surface area contributed by atoms with Gasteiger partial charge in [-0.15, -0.1) is 0 Å². The molecule has 0 fully saturated rings. The highest BCUT2D eigenvalue weighted by Gasteiger charge is 2.17. The van der Waals surface area contributed by atoms with E-state index in [0.29, 0.717) is 22.6 Å². The molecule has 0 bridgehead atoms. The smallest absolute Gasteiger partial charge is 0.264 e. The minimum absolute atomic E-state index is 0.0204. The Morgan fingerprint density at radius 3 is 2.11 bits per heavy atom. The number of aryl methyl sites for hydroxylation is 4. The SMILES string of the molecule is Cc1cc(C)nc(NS(=O)(=O)c2ccc(NC(=O)c3ccccc3CCc3ccccc3)cc2)n1. The van der Waals surface area contributed by atoms with Gasteiger partial charge in [-0.2, -0.15) is 0 Å². The molecule has 4 aromatic rings. The number of amides is 1. The van der Waals surface area contributed by atoms with Gasteiger partial charge in [0.25, 0.3) is 15.9 Å². The van der Waals surface area contributed by atoms with Crippen LogP contribution in [0.5, 0.6) is 0 Å². The van der Waals surface area contributed by atoms with Gasteiger partial charge < -0.3 is 5.32 Å². The average molecular weight is 487 g/mol. The number of hydrogen-bond acceptors (Lipinski definition) is 5. The van der Waals surface area contributed by atoms with Crippen LogP contribution >= 0.6 is 0 Å². The Balaban J connectivity index is 1.45. The molecule has 8 heteroatoms. The predicted octanol–water partition coefficient (Wildman–Crippen LogP) is 4.93. The molecule has 0 aliphatic heterocycles. The van der Waals surface area contributed by atoms with Crippen molar-refractivity contribution >= 4 is 27.6 Å². The summed E-state index contributed by atoms with van der Waals surface area (Å²) in [6.45, 7) is 3.54. The van der Waals surface area contributed by atoms with Gasteiger partial charge in [-0.25, -0.2) is 23.1 Å². The predicted molar refractivity (Wildman–Crippen MR) is 137 cm³/mol. The van der Waals surface area contributed by atoms with Crippen LogP contribution < -0.4 is 10.0 Å². The van der Waals surface area contributed by atoms with Crippen molar-refractivity contribution in [2.45, 2.75) is 31.6 Å². The molecule has 0 radical (unpaired) electrons. The summed E-state index contributed by atoms with van der Waals surface area (Å²) in [6, 6.07) is 25.4. The Hall–Kier alpha value is -4.04. The van der Waals surface area contributed by atoms with Crippen molar-refractivity contribution in [3.8, 4) is 0 Å². The van der Waals surface area contributed by atoms with Crippen molar-refractivity contribution in [2.75, 3.05) is 10.0 Å². The van der Waals surface area contributed by atoms with Gasteiger partial charge in [-0.05, 0) is 74.2 Å². The molecular weight excluding hydrogens is 460 g/mol. The summed E-state index contributed by atoms with van der Waals surface area (Å²) in [4.78, 5) is 21.3. The number of carbonyl (C=O) groups excluding carboxylic acids is 1. The van der Waals surface area contributed by atoms with E-state index in [2.05, 4.69) is 32.1 Å². The normalized spacial score (nSPS) is 11.1. The summed E-state index contributed by atoms with van der Waals surface area (Å²) in [5, 5.41) is 2.86. The molecule has 2 N–H and O–H groups in total. The van der Waals surface area contributed by atoms with Crippen LogP contribution in [0.1, 0.15) is 32.9 Å². The third-order valence-corrected chi connectivity index (χ3v) is 6.76. The molecule has 0 atom stereocenters. The summed E-state index contributed by atoms with van der Waals surface area (Å²) >= 11 is 0. The molecule has 1 amide bonds. The maximum Gasteiger partial charge on any atom is 0.264 e. The van der Waals surface area contributed by atoms with Gasteiger partial charge >= 0.3 is 0 Å². The fraction of sp³-hybridized carbons (Fsp3) is 0.148. The number of carbonyl (C=O) groups is 1. The second-order valence-electron chi connectivity index (χ2n) is 8.20. The molecule has 0 unspecified atom stereocenters. The Morgan fingerprint density at radius 2 is 1.43 bits per heavy atom. The zero-order valence-corrected chi connectivity index (χ0v) is 20.3. The fourth-order valence-electron chi connectivity index (χ4n) is 3.75. The third kappa shape index (κ3) is 6.30. The zero-order chi connectivity index (χ0) is 24.8. The lowest BCUT2D eigenvalue weighted by molar-refractivity contribution is 0.102. The number of hydrogen-bond donors (Lipinski definition) is 2. The number of anilines is 2. The molecule has 35 heavy (non-hydrogen) atoms. The topological polar surface area (TPSA) is 101 Å². The monoisotopic (exact) mass is 486 g/mol. The third-order valence-electron chi connectivity index (χ3n) is 5.42. The first-order chi connectivity index (χ1) is 16.8. The highest BCUT2D eigenvalue weighted by Crippen LogP contribution is 2.19. The molecular formula is C27H26N4O3S. The van der Waals surface area contributed by atoms with E-state index in [1.165, 1.54) is 17.7 Å². The van der Waals surface area contributed by atoms with E-state index in [4.69, 9.17) is 0 Å². The first-order valence-corrected chi connectivity index (χ1v) is 12.7. The van der Waals surface area contributed by atoms with Crippen molar-refractivity contribution in [3.63, 3.8) is 0 Å². The van der Waals surface area contributed by atoms with Crippen molar-refractivity contribution in [2.24, 2.45) is 0 Å². The first-order valence-electron chi connectivity index (χ1n) is 11.2. The Bertz CT molecular complexity index is 1420. The quantitative estimate of drug-likeness (QED) is 0.368. The molecule has 3 aromatic carbocycles. The summed E-state index contributed by atoms with van der Waals surface area (Å²) < 4.78 is 27.9. The fourth-order valence-corrected chi connectivity index (χ4v) is 4.69. The van der Waals surface area contributed by atoms with E-state index < -0.39 is 10.0 Å². The molecule has 178 valence electrons. The lowest BCUT2D eigenvalue weighted by atomic mass is 9.99. The number of nitrogens with one attached hydrogen (secondary N) is 2. The molecule has 0 saturated carbocycles. The summed E-state index contributed by atoms with van der Waals surface area (Å²) in [6.07, 6.45) is 1.56. The van der Waals surface area contributed by atoms with Crippen LogP contribution in [0.15, 0.2) is 89.8 Å². The van der Waals surface area contributed by atoms with Crippen molar-refractivity contribution in [3.05, 3.63) is 113 Å². The largest absolute Gasteiger partial charge is 0.322 e. The maximum atomic E-state index is 13.0. The summed E-state index contributed by atoms with van der Waals surface area (Å²) in [7, 11) is -3.87. The first kappa shape index (κ1) is 24.1. The van der Waals surface area contributed by atoms with Gasteiger partial charge in [0.05, 0.1) is 4.90 Å². The molecule has 1 aromatic heterocycles. The highest BCUT2D eigenvalue weighted by molar-refractivity contribution is 7.92. The van der Waals surface area contributed by atoms with Gasteiger partial charge in [0.1, 0.15) is 0 Å². The number of nitrogens with zero attached hydrogens (tertiary/aromatic N) is 2. The van der Waals surface area contributed by atoms with Gasteiger partial charge in [0.15, 0.2) is 0 Å². The highest BCUT2D eigenvalue weighted by atomic mass is 32.2. The number of benzene rings is 3. The van der Waals surface area contributed by atoms with E-state index in [1.807, 2.05) is 36.4 Å². The van der Waals surface area contributed by atoms with Crippen LogP contribution in [-0.4, -0.2) is 24.3 Å². The van der Waals surface area contributed by atoms with Crippen molar-refractivity contribution in [1.82, 2.24) is 9.97 Å². The second-order valence-corrected chi connectivity index (χ2v) is 9.88. The maximum absolute atomic E-state index is 13.0. The van der Waals surface area contributed by atoms with E-state index in [1.54, 1.807) is 38.1 Å². The Morgan fingerprint density at radius 1 is 0.800 bits per heavy atom. The molecule has 0 aliphatic carbocycles. The van der Waals surface area contributed by atoms with Crippen LogP contribution in [-0.2, 0) is 22.9 Å². The lowest BCUT2D eigenvalue weighted by Crippen LogP contribution is -2.16. The number of rotatable bonds is 8. The number of sulfonamides is 1. The lowest BCUT2D eigenvalue weighted by Gasteiger charge is -2.11. The molecule has 7 nitrogen and oxygen atoms in total. The van der Waals surface area contributed by atoms with E-state index in [-0.39, 0.29) is 16.8 Å². The van der Waals surface area contributed by atoms with Gasteiger partial charge in [-0.3, -0.25) is 4.79 Å². The summed E-state index contributed by atoms with van der Waals surface area (Å²) in [5.74, 6) is -0.224. The second kappa shape index (κ2) is 10.5. The van der Waals surface area contributed by atoms with Crippen molar-refractivity contribution in [1.29, 1.82) is 0 Å². The minimum Gasteiger partial charge on any atom is -0.322 e. The van der Waals surface area contributed by atoms with E-state index in [9.17, 15) is 13.2 Å². The number of aromatic nitrogens is 2. The van der Waals surface area contributed by atoms with Crippen LogP contribution in [0, 0.1) is 13.8 Å². The minimum atomic E-state index is -3.87. The van der Waals surface area contributed by atoms with Gasteiger partial charge in [0.2, 0.25) is 5.95 Å². The van der Waals surface area contributed by atoms with Gasteiger partial charge in [0, 0.05) is 22.6 Å². The molecule has 0 spiro atoms. The van der Waals surface area contributed by atoms with Crippen LogP contribution in [0.4, 0.5) is 11.6 Å². The van der Waals surface area contributed by atoms with Crippen LogP contribution in [0.25, 0.3) is 0 Å². The Labute approximate surface area is 205 Å². The molecule has 1 heterocycles. The Kier molecular flexibility index (Phi) is 7.22. The zero-order valence-electron chi connectivity index (χ0n) is 19.5. The molecule has 4 rings (SSSR count). The van der Waals surface area contributed by atoms with E-state index in [0.717, 1.165) is 18.4 Å². The average Bonchev–Trinajstić information content (AvgIpc) is 2.83. The van der Waals surface area contributed by atoms with Crippen molar-refractivity contribution < 1.29 is 13.2 Å². The molecule has 0 saturated heterocycles. The molecule has 0 aliphatic rings. The van der Waals surface area contributed by atoms with Crippen LogP contribution in [0.2, 0.25) is 0 Å². The van der Waals surface area contributed by atoms with E-state index >= 15 is 0 Å². The summed E-state index contributed by atoms with van der Waals surface area (Å²) in [5.41, 5.74) is 4.57. The van der Waals surface area contributed by atoms with Gasteiger partial charge in [-0.1, -0.05) is 48.5 Å². The van der Waals surface area contributed by atoms with Crippen LogP contribution in [0.3, 0.4) is 0 Å². The standard InChI is InChI=1S/C27H26N4O3S/c1-19-18-20(2)29-27(28-19)31-35(33,34)24-16-14-23(15-17-24)30-26(32)25-11-7-6-10-22(25)13-12-21-8-4-3-5-9-21/h3-11,14-18H,12-13H2,1-2H3,(H,30,32)(H,28,29,31).